The second-order valence-corrected chi connectivity index (χ2v) is 4.33. The largest absolute Gasteiger partial charge is 0.355 e. The van der Waals surface area contributed by atoms with Crippen molar-refractivity contribution < 1.29 is 9.59 Å². The molecule has 5 nitrogen and oxygen atoms in total. The maximum atomic E-state index is 11.6. The zero-order valence-electron chi connectivity index (χ0n) is 10.2. The molecule has 17 heavy (non-hydrogen) atoms. The molecule has 0 atom stereocenters. The standard InChI is InChI=1S/C12H17N3O2/c1-12(2,13)11(17)15-9-6-4-8(5-7-9)10(16)14-3/h4-7H,13H2,1-3H3,(H,14,16)(H,15,17). The molecule has 0 radical (unpaired) electrons. The van der Waals surface area contributed by atoms with Crippen LogP contribution in [0, 0.1) is 0 Å². The van der Waals surface area contributed by atoms with Crippen LogP contribution in [-0.2, 0) is 4.79 Å². The monoisotopic (exact) mass is 235 g/mol. The molecule has 92 valence electrons. The van der Waals surface area contributed by atoms with Crippen molar-refractivity contribution in [3.63, 3.8) is 0 Å². The molecule has 0 aliphatic carbocycles. The summed E-state index contributed by atoms with van der Waals surface area (Å²) in [6, 6.07) is 6.60. The topological polar surface area (TPSA) is 84.2 Å². The molecule has 0 heterocycles. The van der Waals surface area contributed by atoms with Crippen LogP contribution < -0.4 is 16.4 Å². The minimum Gasteiger partial charge on any atom is -0.355 e. The number of carbonyl (C=O) groups excluding carboxylic acids is 2. The van der Waals surface area contributed by atoms with E-state index in [1.54, 1.807) is 45.2 Å². The van der Waals surface area contributed by atoms with Gasteiger partial charge in [0.1, 0.15) is 0 Å². The molecule has 1 rings (SSSR count). The smallest absolute Gasteiger partial charge is 0.251 e. The molecule has 0 aromatic heterocycles. The quantitative estimate of drug-likeness (QED) is 0.721. The van der Waals surface area contributed by atoms with Crippen molar-refractivity contribution in [3.8, 4) is 0 Å². The SMILES string of the molecule is CNC(=O)c1ccc(NC(=O)C(C)(C)N)cc1. The van der Waals surface area contributed by atoms with Gasteiger partial charge in [-0.1, -0.05) is 0 Å². The van der Waals surface area contributed by atoms with Crippen LogP contribution in [0.5, 0.6) is 0 Å². The summed E-state index contributed by atoms with van der Waals surface area (Å²) < 4.78 is 0. The minimum atomic E-state index is -0.931. The highest BCUT2D eigenvalue weighted by atomic mass is 16.2. The maximum absolute atomic E-state index is 11.6. The second kappa shape index (κ2) is 4.97. The molecule has 0 aliphatic rings. The Balaban J connectivity index is 2.76. The van der Waals surface area contributed by atoms with Crippen LogP contribution in [0.1, 0.15) is 24.2 Å². The first-order valence-electron chi connectivity index (χ1n) is 5.27. The third kappa shape index (κ3) is 3.57. The summed E-state index contributed by atoms with van der Waals surface area (Å²) >= 11 is 0. The van der Waals surface area contributed by atoms with E-state index in [1.165, 1.54) is 0 Å². The number of nitrogens with two attached hydrogens (primary N) is 1. The first-order valence-corrected chi connectivity index (χ1v) is 5.27. The lowest BCUT2D eigenvalue weighted by atomic mass is 10.1. The molecule has 0 saturated heterocycles. The summed E-state index contributed by atoms with van der Waals surface area (Å²) in [6.45, 7) is 3.25. The van der Waals surface area contributed by atoms with Gasteiger partial charge in [-0.2, -0.15) is 0 Å². The fraction of sp³-hybridized carbons (Fsp3) is 0.333. The van der Waals surface area contributed by atoms with Crippen LogP contribution in [0.2, 0.25) is 0 Å². The third-order valence-corrected chi connectivity index (χ3v) is 2.22. The number of hydrogen-bond acceptors (Lipinski definition) is 3. The number of amides is 2. The average molecular weight is 235 g/mol. The number of nitrogens with one attached hydrogen (secondary N) is 2. The first kappa shape index (κ1) is 13.2. The van der Waals surface area contributed by atoms with Gasteiger partial charge in [0.15, 0.2) is 0 Å². The van der Waals surface area contributed by atoms with E-state index >= 15 is 0 Å². The van der Waals surface area contributed by atoms with Crippen molar-refractivity contribution in [2.24, 2.45) is 5.73 Å². The van der Waals surface area contributed by atoms with Crippen molar-refractivity contribution in [3.05, 3.63) is 29.8 Å². The molecule has 4 N–H and O–H groups in total. The minimum absolute atomic E-state index is 0.165. The second-order valence-electron chi connectivity index (χ2n) is 4.33. The van der Waals surface area contributed by atoms with E-state index in [4.69, 9.17) is 5.73 Å². The Kier molecular flexibility index (Phi) is 3.85. The van der Waals surface area contributed by atoms with Crippen LogP contribution in [0.15, 0.2) is 24.3 Å². The fourth-order valence-electron chi connectivity index (χ4n) is 1.14. The molecule has 0 aliphatic heterocycles. The Morgan fingerprint density at radius 2 is 1.71 bits per heavy atom. The first-order chi connectivity index (χ1) is 7.84. The molecular weight excluding hydrogens is 218 g/mol. The number of anilines is 1. The lowest BCUT2D eigenvalue weighted by Crippen LogP contribution is -2.45. The Morgan fingerprint density at radius 1 is 1.18 bits per heavy atom. The Hall–Kier alpha value is -1.88. The average Bonchev–Trinajstić information content (AvgIpc) is 2.27. The highest BCUT2D eigenvalue weighted by Gasteiger charge is 2.21. The normalized spacial score (nSPS) is 10.8. The molecule has 0 fully saturated rings. The number of benzene rings is 1. The summed E-state index contributed by atoms with van der Waals surface area (Å²) in [6.07, 6.45) is 0. The van der Waals surface area contributed by atoms with Gasteiger partial charge < -0.3 is 16.4 Å². The van der Waals surface area contributed by atoms with Crippen LogP contribution in [0.4, 0.5) is 5.69 Å². The zero-order chi connectivity index (χ0) is 13.1. The van der Waals surface area contributed by atoms with Crippen molar-refractivity contribution >= 4 is 17.5 Å². The van der Waals surface area contributed by atoms with Gasteiger partial charge in [0, 0.05) is 18.3 Å². The van der Waals surface area contributed by atoms with Crippen molar-refractivity contribution in [2.75, 3.05) is 12.4 Å². The van der Waals surface area contributed by atoms with Gasteiger partial charge >= 0.3 is 0 Å². The molecule has 1 aromatic rings. The summed E-state index contributed by atoms with van der Waals surface area (Å²) in [5, 5.41) is 5.19. The van der Waals surface area contributed by atoms with Crippen molar-refractivity contribution in [1.82, 2.24) is 5.32 Å². The Bertz CT molecular complexity index is 418. The zero-order valence-corrected chi connectivity index (χ0v) is 10.2. The lowest BCUT2D eigenvalue weighted by molar-refractivity contribution is -0.120. The van der Waals surface area contributed by atoms with Gasteiger partial charge in [-0.05, 0) is 38.1 Å². The van der Waals surface area contributed by atoms with E-state index < -0.39 is 5.54 Å². The van der Waals surface area contributed by atoms with E-state index in [2.05, 4.69) is 10.6 Å². The Labute approximate surface area is 100 Å². The molecular formula is C12H17N3O2. The lowest BCUT2D eigenvalue weighted by Gasteiger charge is -2.17. The molecule has 0 spiro atoms. The van der Waals surface area contributed by atoms with Crippen molar-refractivity contribution in [2.45, 2.75) is 19.4 Å². The molecule has 0 saturated carbocycles. The van der Waals surface area contributed by atoms with Gasteiger partial charge in [-0.3, -0.25) is 9.59 Å². The highest BCUT2D eigenvalue weighted by Crippen LogP contribution is 2.11. The van der Waals surface area contributed by atoms with E-state index in [0.29, 0.717) is 11.3 Å². The number of rotatable bonds is 3. The van der Waals surface area contributed by atoms with Gasteiger partial charge in [-0.15, -0.1) is 0 Å². The molecule has 2 amide bonds. The van der Waals surface area contributed by atoms with E-state index in [1.807, 2.05) is 0 Å². The van der Waals surface area contributed by atoms with Crippen LogP contribution in [-0.4, -0.2) is 24.4 Å². The van der Waals surface area contributed by atoms with Gasteiger partial charge in [0.2, 0.25) is 5.91 Å². The Morgan fingerprint density at radius 3 is 2.12 bits per heavy atom. The van der Waals surface area contributed by atoms with Crippen LogP contribution >= 0.6 is 0 Å². The molecule has 1 aromatic carbocycles. The van der Waals surface area contributed by atoms with Gasteiger partial charge in [0.05, 0.1) is 5.54 Å². The van der Waals surface area contributed by atoms with E-state index in [-0.39, 0.29) is 11.8 Å². The summed E-state index contributed by atoms with van der Waals surface area (Å²) in [5.74, 6) is -0.438. The predicted molar refractivity (Wildman–Crippen MR) is 66.7 cm³/mol. The van der Waals surface area contributed by atoms with Crippen LogP contribution in [0.3, 0.4) is 0 Å². The summed E-state index contributed by atoms with van der Waals surface area (Å²) in [7, 11) is 1.56. The van der Waals surface area contributed by atoms with Gasteiger partial charge in [-0.25, -0.2) is 0 Å². The maximum Gasteiger partial charge on any atom is 0.251 e. The fourth-order valence-corrected chi connectivity index (χ4v) is 1.14. The van der Waals surface area contributed by atoms with E-state index in [0.717, 1.165) is 0 Å². The van der Waals surface area contributed by atoms with Gasteiger partial charge in [0.25, 0.3) is 5.91 Å². The van der Waals surface area contributed by atoms with Crippen molar-refractivity contribution in [1.29, 1.82) is 0 Å². The molecule has 5 heteroatoms. The molecule has 0 unspecified atom stereocenters. The number of carbonyl (C=O) groups is 2. The summed E-state index contributed by atoms with van der Waals surface area (Å²) in [5.41, 5.74) is 5.87. The van der Waals surface area contributed by atoms with E-state index in [9.17, 15) is 9.59 Å². The predicted octanol–water partition coefficient (Wildman–Crippen LogP) is 0.722. The number of hydrogen-bond donors (Lipinski definition) is 3. The molecule has 0 bridgehead atoms. The highest BCUT2D eigenvalue weighted by molar-refractivity contribution is 5.98. The van der Waals surface area contributed by atoms with Crippen LogP contribution in [0.25, 0.3) is 0 Å². The third-order valence-electron chi connectivity index (χ3n) is 2.22. The summed E-state index contributed by atoms with van der Waals surface area (Å²) in [4.78, 5) is 22.9.